The second-order valence-corrected chi connectivity index (χ2v) is 2.42. The van der Waals surface area contributed by atoms with Gasteiger partial charge in [0.2, 0.25) is 0 Å². The van der Waals surface area contributed by atoms with Crippen LogP contribution in [0.2, 0.25) is 0 Å². The highest BCUT2D eigenvalue weighted by atomic mass is 16.5. The Labute approximate surface area is 77.4 Å². The van der Waals surface area contributed by atoms with Gasteiger partial charge in [0.15, 0.2) is 0 Å². The second kappa shape index (κ2) is 6.21. The van der Waals surface area contributed by atoms with E-state index < -0.39 is 12.1 Å². The van der Waals surface area contributed by atoms with Crippen LogP contribution in [0.25, 0.3) is 0 Å². The fourth-order valence-electron chi connectivity index (χ4n) is 0.674. The van der Waals surface area contributed by atoms with Crippen molar-refractivity contribution in [1.29, 1.82) is 5.26 Å². The maximum Gasteiger partial charge on any atom is 0.348 e. The molecule has 0 amide bonds. The molecule has 1 radical (unpaired) electrons. The summed E-state index contributed by atoms with van der Waals surface area (Å²) in [6, 6.07) is 1.58. The summed E-state index contributed by atoms with van der Waals surface area (Å²) in [4.78, 5) is 11.0. The zero-order valence-electron chi connectivity index (χ0n) is 7.32. The van der Waals surface area contributed by atoms with Crippen molar-refractivity contribution in [3.8, 4) is 6.07 Å². The summed E-state index contributed by atoms with van der Waals surface area (Å²) >= 11 is 0. The Morgan fingerprint density at radius 1 is 1.69 bits per heavy atom. The van der Waals surface area contributed by atoms with Crippen molar-refractivity contribution in [2.75, 3.05) is 6.61 Å². The first kappa shape index (κ1) is 11.7. The molecule has 1 atom stereocenters. The van der Waals surface area contributed by atoms with Crippen LogP contribution in [-0.4, -0.2) is 23.8 Å². The van der Waals surface area contributed by atoms with Crippen LogP contribution in [-0.2, 0) is 9.53 Å². The minimum absolute atomic E-state index is 0.0769. The van der Waals surface area contributed by atoms with Crippen LogP contribution in [0.3, 0.4) is 0 Å². The van der Waals surface area contributed by atoms with Gasteiger partial charge in [-0.2, -0.15) is 5.26 Å². The number of hydrogen-bond acceptors (Lipinski definition) is 4. The third kappa shape index (κ3) is 4.28. The molecule has 71 valence electrons. The summed E-state index contributed by atoms with van der Waals surface area (Å²) < 4.78 is 4.81. The van der Waals surface area contributed by atoms with E-state index in [4.69, 9.17) is 15.1 Å². The van der Waals surface area contributed by atoms with Gasteiger partial charge in [-0.05, 0) is 13.3 Å². The van der Waals surface area contributed by atoms with Crippen LogP contribution in [0.4, 0.5) is 0 Å². The van der Waals surface area contributed by atoms with Crippen LogP contribution in [0.5, 0.6) is 0 Å². The predicted molar refractivity (Wildman–Crippen MR) is 46.3 cm³/mol. The van der Waals surface area contributed by atoms with Gasteiger partial charge < -0.3 is 9.84 Å². The van der Waals surface area contributed by atoms with E-state index in [1.807, 2.05) is 0 Å². The number of carbonyl (C=O) groups excluding carboxylic acids is 1. The minimum atomic E-state index is -0.746. The molecule has 0 aromatic rings. The van der Waals surface area contributed by atoms with Gasteiger partial charge in [-0.3, -0.25) is 0 Å². The van der Waals surface area contributed by atoms with Crippen LogP contribution in [0.1, 0.15) is 12.8 Å². The number of carbonyl (C=O) groups is 1. The average Bonchev–Trinajstić information content (AvgIpc) is 2.15. The first-order chi connectivity index (χ1) is 6.15. The van der Waals surface area contributed by atoms with Crippen molar-refractivity contribution in [3.63, 3.8) is 0 Å². The lowest BCUT2D eigenvalue weighted by Gasteiger charge is -2.13. The van der Waals surface area contributed by atoms with Crippen molar-refractivity contribution >= 4 is 5.97 Å². The second-order valence-electron chi connectivity index (χ2n) is 2.42. The molecule has 0 saturated heterocycles. The number of aliphatic hydroxyl groups excluding tert-OH is 1. The zero-order chi connectivity index (χ0) is 10.3. The molecule has 0 aliphatic heterocycles. The molecular weight excluding hydrogens is 170 g/mol. The fraction of sp³-hybridized carbons (Fsp3) is 0.444. The smallest absolute Gasteiger partial charge is 0.348 e. The van der Waals surface area contributed by atoms with Gasteiger partial charge in [0.25, 0.3) is 0 Å². The Morgan fingerprint density at radius 2 is 2.31 bits per heavy atom. The molecule has 0 aliphatic carbocycles. The number of esters is 1. The van der Waals surface area contributed by atoms with Gasteiger partial charge in [-0.25, -0.2) is 4.79 Å². The summed E-state index contributed by atoms with van der Waals surface area (Å²) in [6.07, 6.45) is 0.251. The maximum absolute atomic E-state index is 11.0. The van der Waals surface area contributed by atoms with Gasteiger partial charge in [0.05, 0.1) is 0 Å². The summed E-state index contributed by atoms with van der Waals surface area (Å²) in [5.41, 5.74) is -0.239. The van der Waals surface area contributed by atoms with Crippen LogP contribution in [0.15, 0.2) is 12.2 Å². The standard InChI is InChI=1S/C9H12NO3/c1-3-8(4-5-11)13-9(12)7(2)6-10/h8,11H,1-5H2. The number of ether oxygens (including phenoxy) is 1. The molecule has 0 aromatic heterocycles. The maximum atomic E-state index is 11.0. The summed E-state index contributed by atoms with van der Waals surface area (Å²) in [7, 11) is 0. The number of aliphatic hydroxyl groups is 1. The van der Waals surface area contributed by atoms with E-state index in [0.717, 1.165) is 0 Å². The van der Waals surface area contributed by atoms with E-state index in [0.29, 0.717) is 12.8 Å². The molecule has 4 heteroatoms. The molecule has 0 bridgehead atoms. The summed E-state index contributed by atoms with van der Waals surface area (Å²) in [6.45, 7) is 6.67. The number of nitrogens with zero attached hydrogens (tertiary/aromatic N) is 1. The van der Waals surface area contributed by atoms with Crippen LogP contribution < -0.4 is 0 Å². The minimum Gasteiger partial charge on any atom is -0.458 e. The Hall–Kier alpha value is -1.34. The lowest BCUT2D eigenvalue weighted by atomic mass is 10.2. The van der Waals surface area contributed by atoms with E-state index in [9.17, 15) is 4.79 Å². The van der Waals surface area contributed by atoms with E-state index in [1.54, 1.807) is 6.07 Å². The molecule has 0 spiro atoms. The Morgan fingerprint density at radius 3 is 2.69 bits per heavy atom. The highest BCUT2D eigenvalue weighted by Gasteiger charge is 2.14. The first-order valence-electron chi connectivity index (χ1n) is 3.85. The fourth-order valence-corrected chi connectivity index (χ4v) is 0.674. The van der Waals surface area contributed by atoms with Crippen molar-refractivity contribution in [3.05, 3.63) is 19.1 Å². The van der Waals surface area contributed by atoms with Crippen LogP contribution >= 0.6 is 0 Å². The van der Waals surface area contributed by atoms with Gasteiger partial charge in [0, 0.05) is 13.0 Å². The topological polar surface area (TPSA) is 70.3 Å². The molecule has 1 unspecified atom stereocenters. The largest absolute Gasteiger partial charge is 0.458 e. The number of rotatable bonds is 5. The Kier molecular flexibility index (Phi) is 5.57. The van der Waals surface area contributed by atoms with Gasteiger partial charge in [-0.15, -0.1) is 0 Å². The molecule has 0 fully saturated rings. The molecule has 13 heavy (non-hydrogen) atoms. The third-order valence-corrected chi connectivity index (χ3v) is 1.43. The Balaban J connectivity index is 4.02. The number of hydrogen-bond donors (Lipinski definition) is 1. The van der Waals surface area contributed by atoms with Gasteiger partial charge in [0.1, 0.15) is 17.7 Å². The lowest BCUT2D eigenvalue weighted by molar-refractivity contribution is -0.144. The predicted octanol–water partition coefficient (Wildman–Crippen LogP) is 0.585. The van der Waals surface area contributed by atoms with E-state index in [1.165, 1.54) is 0 Å². The lowest BCUT2D eigenvalue weighted by Crippen LogP contribution is -2.19. The van der Waals surface area contributed by atoms with E-state index in [-0.39, 0.29) is 12.2 Å². The zero-order valence-corrected chi connectivity index (χ0v) is 7.32. The molecule has 0 rings (SSSR count). The third-order valence-electron chi connectivity index (χ3n) is 1.43. The number of nitriles is 1. The summed E-state index contributed by atoms with van der Waals surface area (Å²) in [5, 5.41) is 16.9. The van der Waals surface area contributed by atoms with Crippen molar-refractivity contribution in [2.45, 2.75) is 18.9 Å². The molecule has 0 heterocycles. The quantitative estimate of drug-likeness (QED) is 0.383. The molecule has 0 saturated carbocycles. The average molecular weight is 182 g/mol. The van der Waals surface area contributed by atoms with Crippen molar-refractivity contribution in [1.82, 2.24) is 0 Å². The van der Waals surface area contributed by atoms with E-state index in [2.05, 4.69) is 13.5 Å². The summed E-state index contributed by atoms with van der Waals surface area (Å²) in [5.74, 6) is -0.746. The SMILES string of the molecule is [CH2]CC(CCO)OC(=O)C(=C)C#N. The van der Waals surface area contributed by atoms with Gasteiger partial charge >= 0.3 is 5.97 Å². The highest BCUT2D eigenvalue weighted by molar-refractivity contribution is 5.92. The monoisotopic (exact) mass is 182 g/mol. The molecule has 0 aliphatic rings. The first-order valence-corrected chi connectivity index (χ1v) is 3.85. The molecule has 4 nitrogen and oxygen atoms in total. The molecular formula is C9H12NO3. The highest BCUT2D eigenvalue weighted by Crippen LogP contribution is 2.05. The normalized spacial score (nSPS) is 11.5. The Bertz CT molecular complexity index is 230. The van der Waals surface area contributed by atoms with Gasteiger partial charge in [-0.1, -0.05) is 6.58 Å². The van der Waals surface area contributed by atoms with Crippen molar-refractivity contribution in [2.24, 2.45) is 0 Å². The van der Waals surface area contributed by atoms with Crippen molar-refractivity contribution < 1.29 is 14.6 Å². The van der Waals surface area contributed by atoms with E-state index >= 15 is 0 Å². The molecule has 0 aromatic carbocycles. The van der Waals surface area contributed by atoms with Crippen LogP contribution in [0, 0.1) is 18.3 Å². The molecule has 1 N–H and O–H groups in total.